The zero-order chi connectivity index (χ0) is 12.7. The second kappa shape index (κ2) is 3.96. The van der Waals surface area contributed by atoms with Gasteiger partial charge in [-0.15, -0.1) is 0 Å². The smallest absolute Gasteiger partial charge is 0.180 e. The predicted octanol–water partition coefficient (Wildman–Crippen LogP) is 2.74. The summed E-state index contributed by atoms with van der Waals surface area (Å²) in [5.41, 5.74) is 5.55. The summed E-state index contributed by atoms with van der Waals surface area (Å²) in [6.45, 7) is 0. The molecule has 0 bridgehead atoms. The molecule has 0 saturated carbocycles. The fourth-order valence-electron chi connectivity index (χ4n) is 1.42. The van der Waals surface area contributed by atoms with Crippen LogP contribution >= 0.6 is 11.6 Å². The zero-order valence-corrected chi connectivity index (χ0v) is 9.39. The van der Waals surface area contributed by atoms with Gasteiger partial charge in [-0.25, -0.2) is 13.2 Å². The maximum Gasteiger partial charge on any atom is 0.180 e. The number of aryl methyl sites for hydroxylation is 1. The van der Waals surface area contributed by atoms with Gasteiger partial charge in [0.15, 0.2) is 17.5 Å². The van der Waals surface area contributed by atoms with Gasteiger partial charge in [0.05, 0.1) is 6.20 Å². The minimum atomic E-state index is -1.42. The molecule has 2 N–H and O–H groups in total. The lowest BCUT2D eigenvalue weighted by molar-refractivity contribution is 0.496. The van der Waals surface area contributed by atoms with Crippen LogP contribution in [0, 0.1) is 17.5 Å². The molecule has 2 aromatic rings. The standard InChI is InChI=1S/C10H7ClF3N3/c1-17-10(15)5(3-16-17)4-2-6(12)9(14)7(11)8(4)13/h2-3H,15H2,1H3. The van der Waals surface area contributed by atoms with Crippen molar-refractivity contribution < 1.29 is 13.2 Å². The molecular weight excluding hydrogens is 255 g/mol. The molecule has 0 fully saturated rings. The molecule has 1 aromatic carbocycles. The predicted molar refractivity (Wildman–Crippen MR) is 57.9 cm³/mol. The second-order valence-electron chi connectivity index (χ2n) is 3.41. The van der Waals surface area contributed by atoms with Crippen molar-refractivity contribution >= 4 is 17.4 Å². The number of nitrogen functional groups attached to an aromatic ring is 1. The highest BCUT2D eigenvalue weighted by molar-refractivity contribution is 6.31. The van der Waals surface area contributed by atoms with Gasteiger partial charge in [-0.3, -0.25) is 4.68 Å². The molecule has 0 amide bonds. The van der Waals surface area contributed by atoms with E-state index in [1.54, 1.807) is 0 Å². The summed E-state index contributed by atoms with van der Waals surface area (Å²) in [5.74, 6) is -3.60. The van der Waals surface area contributed by atoms with Crippen LogP contribution in [0.25, 0.3) is 11.1 Å². The Morgan fingerprint density at radius 3 is 2.41 bits per heavy atom. The molecule has 3 nitrogen and oxygen atoms in total. The Bertz CT molecular complexity index is 595. The van der Waals surface area contributed by atoms with Gasteiger partial charge < -0.3 is 5.73 Å². The Morgan fingerprint density at radius 1 is 1.24 bits per heavy atom. The van der Waals surface area contributed by atoms with Crippen LogP contribution in [0.4, 0.5) is 19.0 Å². The van der Waals surface area contributed by atoms with Gasteiger partial charge in [0.25, 0.3) is 0 Å². The monoisotopic (exact) mass is 261 g/mol. The first-order chi connectivity index (χ1) is 7.93. The average Bonchev–Trinajstić information content (AvgIpc) is 2.62. The van der Waals surface area contributed by atoms with Crippen molar-refractivity contribution in [2.24, 2.45) is 7.05 Å². The van der Waals surface area contributed by atoms with Crippen molar-refractivity contribution in [3.05, 3.63) is 34.7 Å². The molecule has 0 aliphatic heterocycles. The molecule has 7 heteroatoms. The molecule has 90 valence electrons. The molecule has 0 radical (unpaired) electrons. The van der Waals surface area contributed by atoms with Crippen LogP contribution in [0.5, 0.6) is 0 Å². The number of nitrogens with zero attached hydrogens (tertiary/aromatic N) is 2. The van der Waals surface area contributed by atoms with Crippen molar-refractivity contribution in [2.45, 2.75) is 0 Å². The van der Waals surface area contributed by atoms with Gasteiger partial charge in [-0.2, -0.15) is 5.10 Å². The average molecular weight is 262 g/mol. The number of aromatic nitrogens is 2. The summed E-state index contributed by atoms with van der Waals surface area (Å²) in [7, 11) is 1.54. The molecule has 0 spiro atoms. The molecule has 1 aromatic heterocycles. The highest BCUT2D eigenvalue weighted by Gasteiger charge is 2.20. The van der Waals surface area contributed by atoms with E-state index in [0.717, 1.165) is 0 Å². The number of rotatable bonds is 1. The Balaban J connectivity index is 2.73. The van der Waals surface area contributed by atoms with Gasteiger partial charge in [-0.05, 0) is 6.07 Å². The molecule has 0 aliphatic carbocycles. The minimum Gasteiger partial charge on any atom is -0.383 e. The van der Waals surface area contributed by atoms with Crippen LogP contribution in [0.15, 0.2) is 12.3 Å². The Morgan fingerprint density at radius 2 is 1.88 bits per heavy atom. The fourth-order valence-corrected chi connectivity index (χ4v) is 1.62. The first-order valence-corrected chi connectivity index (χ1v) is 4.92. The maximum absolute atomic E-state index is 13.7. The van der Waals surface area contributed by atoms with E-state index >= 15 is 0 Å². The lowest BCUT2D eigenvalue weighted by Gasteiger charge is -2.06. The Labute approximate surface area is 99.6 Å². The van der Waals surface area contributed by atoms with Crippen molar-refractivity contribution in [1.29, 1.82) is 0 Å². The van der Waals surface area contributed by atoms with E-state index in [2.05, 4.69) is 5.10 Å². The van der Waals surface area contributed by atoms with Crippen molar-refractivity contribution in [3.8, 4) is 11.1 Å². The highest BCUT2D eigenvalue weighted by atomic mass is 35.5. The van der Waals surface area contributed by atoms with E-state index in [0.29, 0.717) is 6.07 Å². The minimum absolute atomic E-state index is 0.131. The van der Waals surface area contributed by atoms with Crippen LogP contribution in [0.3, 0.4) is 0 Å². The molecule has 17 heavy (non-hydrogen) atoms. The van der Waals surface area contributed by atoms with Crippen molar-refractivity contribution in [3.63, 3.8) is 0 Å². The zero-order valence-electron chi connectivity index (χ0n) is 8.64. The quantitative estimate of drug-likeness (QED) is 0.634. The second-order valence-corrected chi connectivity index (χ2v) is 3.79. The summed E-state index contributed by atoms with van der Waals surface area (Å²) in [6.07, 6.45) is 1.25. The summed E-state index contributed by atoms with van der Waals surface area (Å²) < 4.78 is 41.1. The Hall–Kier alpha value is -1.69. The van der Waals surface area contributed by atoms with Crippen LogP contribution in [-0.4, -0.2) is 9.78 Å². The van der Waals surface area contributed by atoms with E-state index in [4.69, 9.17) is 17.3 Å². The summed E-state index contributed by atoms with van der Waals surface area (Å²) in [5, 5.41) is 2.88. The van der Waals surface area contributed by atoms with Gasteiger partial charge in [0, 0.05) is 18.2 Å². The van der Waals surface area contributed by atoms with E-state index in [9.17, 15) is 13.2 Å². The number of anilines is 1. The van der Waals surface area contributed by atoms with Crippen LogP contribution in [0.2, 0.25) is 5.02 Å². The highest BCUT2D eigenvalue weighted by Crippen LogP contribution is 2.33. The normalized spacial score (nSPS) is 10.9. The summed E-state index contributed by atoms with van der Waals surface area (Å²) in [4.78, 5) is 0. The number of benzene rings is 1. The number of hydrogen-bond donors (Lipinski definition) is 1. The number of nitrogens with two attached hydrogens (primary N) is 1. The van der Waals surface area contributed by atoms with Gasteiger partial charge in [0.2, 0.25) is 0 Å². The first kappa shape index (κ1) is 11.8. The number of halogens is 4. The van der Waals surface area contributed by atoms with Gasteiger partial charge >= 0.3 is 0 Å². The van der Waals surface area contributed by atoms with E-state index in [1.807, 2.05) is 0 Å². The number of hydrogen-bond acceptors (Lipinski definition) is 2. The Kier molecular flexibility index (Phi) is 2.74. The summed E-state index contributed by atoms with van der Waals surface area (Å²) >= 11 is 5.34. The van der Waals surface area contributed by atoms with Gasteiger partial charge in [-0.1, -0.05) is 11.6 Å². The first-order valence-electron chi connectivity index (χ1n) is 4.54. The summed E-state index contributed by atoms with van der Waals surface area (Å²) in [6, 6.07) is 0.698. The van der Waals surface area contributed by atoms with Crippen LogP contribution in [-0.2, 0) is 7.05 Å². The third-order valence-electron chi connectivity index (χ3n) is 2.38. The van der Waals surface area contributed by atoms with Crippen LogP contribution in [0.1, 0.15) is 0 Å². The van der Waals surface area contributed by atoms with Gasteiger partial charge in [0.1, 0.15) is 10.8 Å². The SMILES string of the molecule is Cn1ncc(-c2cc(F)c(F)c(Cl)c2F)c1N. The molecule has 0 unspecified atom stereocenters. The topological polar surface area (TPSA) is 43.8 Å². The lowest BCUT2D eigenvalue weighted by Crippen LogP contribution is -2.00. The van der Waals surface area contributed by atoms with Crippen LogP contribution < -0.4 is 5.73 Å². The van der Waals surface area contributed by atoms with E-state index in [1.165, 1.54) is 17.9 Å². The molecule has 0 aliphatic rings. The lowest BCUT2D eigenvalue weighted by atomic mass is 10.1. The third-order valence-corrected chi connectivity index (χ3v) is 2.71. The molecule has 2 rings (SSSR count). The maximum atomic E-state index is 13.7. The third kappa shape index (κ3) is 1.74. The van der Waals surface area contributed by atoms with E-state index < -0.39 is 22.5 Å². The van der Waals surface area contributed by atoms with Crippen molar-refractivity contribution in [2.75, 3.05) is 5.73 Å². The molecule has 1 heterocycles. The molecule has 0 saturated heterocycles. The van der Waals surface area contributed by atoms with E-state index in [-0.39, 0.29) is 16.9 Å². The van der Waals surface area contributed by atoms with Crippen molar-refractivity contribution in [1.82, 2.24) is 9.78 Å². The fraction of sp³-hybridized carbons (Fsp3) is 0.100. The molecule has 0 atom stereocenters. The molecular formula is C10H7ClF3N3. The largest absolute Gasteiger partial charge is 0.383 e.